The van der Waals surface area contributed by atoms with Gasteiger partial charge in [0.05, 0.1) is 16.1 Å². The molecule has 0 amide bonds. The monoisotopic (exact) mass is 606 g/mol. The van der Waals surface area contributed by atoms with E-state index in [0.717, 1.165) is 42.1 Å². The number of Topliss-reactive ketones (excluding diaryl/α,β-unsaturated/α-hetero) is 1. The van der Waals surface area contributed by atoms with Crippen molar-refractivity contribution in [1.82, 2.24) is 0 Å². The van der Waals surface area contributed by atoms with Crippen LogP contribution < -0.4 is 0 Å². The fourth-order valence-corrected chi connectivity index (χ4v) is 11.7. The van der Waals surface area contributed by atoms with E-state index in [9.17, 15) is 14.4 Å². The van der Waals surface area contributed by atoms with Crippen LogP contribution in [-0.4, -0.2) is 24.6 Å². The van der Waals surface area contributed by atoms with Gasteiger partial charge < -0.3 is 4.74 Å². The Labute approximate surface area is 230 Å². The number of halogens is 1. The van der Waals surface area contributed by atoms with E-state index in [1.165, 1.54) is 12.7 Å². The third-order valence-electron chi connectivity index (χ3n) is 12.6. The minimum absolute atomic E-state index is 0.0414. The molecule has 0 N–H and O–H groups in total. The third kappa shape index (κ3) is 3.01. The second-order valence-corrected chi connectivity index (χ2v) is 15.3. The van der Waals surface area contributed by atoms with E-state index in [2.05, 4.69) is 77.1 Å². The summed E-state index contributed by atoms with van der Waals surface area (Å²) >= 11 is 2.20. The van der Waals surface area contributed by atoms with Crippen molar-refractivity contribution in [2.45, 2.75) is 87.0 Å². The number of ether oxygens (including phenoxy) is 1. The molecule has 5 heteroatoms. The van der Waals surface area contributed by atoms with Crippen molar-refractivity contribution >= 4 is 40.1 Å². The quantitative estimate of drug-likeness (QED) is 0.236. The van der Waals surface area contributed by atoms with Crippen molar-refractivity contribution < 1.29 is 19.1 Å². The maximum absolute atomic E-state index is 14.4. The standard InChI is InChI=1S/C31H43IO4/c1-17-9-12-31(26(35)36-8)14-13-29(6)19(23(31)18(17)2)15-21(33)24-28(5)16-20(32)25(34)27(3,4)22(28)10-11-30(24,29)7/h15-18,22-24H,9-14H2,1-8H3/t17-,18+,22?,23+,24?,28+,29-,30-,31+/m1/s1. The van der Waals surface area contributed by atoms with Crippen molar-refractivity contribution in [3.05, 3.63) is 21.3 Å². The van der Waals surface area contributed by atoms with E-state index >= 15 is 0 Å². The Hall–Kier alpha value is -0.980. The maximum atomic E-state index is 14.4. The topological polar surface area (TPSA) is 60.4 Å². The minimum atomic E-state index is -0.523. The number of carbonyl (C=O) groups is 3. The molecule has 36 heavy (non-hydrogen) atoms. The molecule has 3 saturated carbocycles. The lowest BCUT2D eigenvalue weighted by molar-refractivity contribution is -0.182. The average molecular weight is 607 g/mol. The predicted molar refractivity (Wildman–Crippen MR) is 149 cm³/mol. The lowest BCUT2D eigenvalue weighted by Crippen LogP contribution is -2.66. The molecule has 9 atom stereocenters. The van der Waals surface area contributed by atoms with E-state index in [1.807, 2.05) is 6.08 Å². The lowest BCUT2D eigenvalue weighted by Gasteiger charge is -2.69. The van der Waals surface area contributed by atoms with Gasteiger partial charge in [-0.05, 0) is 102 Å². The van der Waals surface area contributed by atoms with Crippen LogP contribution in [-0.2, 0) is 19.1 Å². The molecule has 0 saturated heterocycles. The minimum Gasteiger partial charge on any atom is -0.469 e. The summed E-state index contributed by atoms with van der Waals surface area (Å²) in [6.07, 6.45) is 9.60. The van der Waals surface area contributed by atoms with Gasteiger partial charge in [0.15, 0.2) is 11.6 Å². The first-order chi connectivity index (χ1) is 16.6. The van der Waals surface area contributed by atoms with E-state index in [4.69, 9.17) is 4.74 Å². The number of rotatable bonds is 1. The molecule has 0 bridgehead atoms. The molecule has 0 aromatic carbocycles. The Bertz CT molecular complexity index is 1100. The molecular weight excluding hydrogens is 563 g/mol. The number of ketones is 2. The molecule has 0 spiro atoms. The van der Waals surface area contributed by atoms with Gasteiger partial charge in [0.25, 0.3) is 0 Å². The van der Waals surface area contributed by atoms with Gasteiger partial charge in [-0.1, -0.05) is 60.1 Å². The molecule has 0 radical (unpaired) electrons. The van der Waals surface area contributed by atoms with Crippen LogP contribution in [0.25, 0.3) is 0 Å². The van der Waals surface area contributed by atoms with Crippen molar-refractivity contribution in [2.24, 2.45) is 56.7 Å². The van der Waals surface area contributed by atoms with Crippen LogP contribution in [0.15, 0.2) is 21.3 Å². The first kappa shape index (κ1) is 26.6. The fourth-order valence-electron chi connectivity index (χ4n) is 10.3. The molecule has 2 unspecified atom stereocenters. The highest BCUT2D eigenvalue weighted by molar-refractivity contribution is 14.1. The van der Waals surface area contributed by atoms with Crippen LogP contribution in [0.4, 0.5) is 0 Å². The largest absolute Gasteiger partial charge is 0.469 e. The Morgan fingerprint density at radius 1 is 1.00 bits per heavy atom. The van der Waals surface area contributed by atoms with Gasteiger partial charge in [0.1, 0.15) is 0 Å². The zero-order valence-electron chi connectivity index (χ0n) is 23.3. The Morgan fingerprint density at radius 2 is 1.67 bits per heavy atom. The molecule has 198 valence electrons. The SMILES string of the molecule is COC(=O)[C@]12CC[C@@H](C)[C@H](C)[C@H]1C1=CC(=O)C3[C@@]4(C)C=C(I)C(=O)C(C)(C)C4CC[C@@]3(C)[C@]1(C)CC2. The second-order valence-electron chi connectivity index (χ2n) is 14.2. The summed E-state index contributed by atoms with van der Waals surface area (Å²) in [4.78, 5) is 41.0. The first-order valence-corrected chi connectivity index (χ1v) is 15.0. The average Bonchev–Trinajstić information content (AvgIpc) is 2.80. The third-order valence-corrected chi connectivity index (χ3v) is 13.4. The summed E-state index contributed by atoms with van der Waals surface area (Å²) in [6.45, 7) is 15.8. The predicted octanol–water partition coefficient (Wildman–Crippen LogP) is 7.10. The van der Waals surface area contributed by atoms with E-state index in [1.54, 1.807) is 0 Å². The Kier molecular flexibility index (Phi) is 5.93. The number of hydrogen-bond donors (Lipinski definition) is 0. The number of carbonyl (C=O) groups excluding carboxylic acids is 3. The fraction of sp³-hybridized carbons (Fsp3) is 0.774. The molecule has 0 aromatic heterocycles. The molecule has 5 aliphatic carbocycles. The molecular formula is C31H43IO4. The molecule has 5 aliphatic rings. The van der Waals surface area contributed by atoms with Gasteiger partial charge in [0, 0.05) is 16.7 Å². The number of fused-ring (bicyclic) bond motifs is 7. The van der Waals surface area contributed by atoms with Crippen LogP contribution >= 0.6 is 22.6 Å². The zero-order valence-corrected chi connectivity index (χ0v) is 25.5. The molecule has 4 nitrogen and oxygen atoms in total. The molecule has 0 aliphatic heterocycles. The molecule has 0 aromatic rings. The van der Waals surface area contributed by atoms with Crippen LogP contribution in [0.3, 0.4) is 0 Å². The summed E-state index contributed by atoms with van der Waals surface area (Å²) in [6, 6.07) is 0. The number of allylic oxidation sites excluding steroid dienone is 4. The molecule has 3 fully saturated rings. The van der Waals surface area contributed by atoms with Gasteiger partial charge in [-0.2, -0.15) is 0 Å². The summed E-state index contributed by atoms with van der Waals surface area (Å²) in [7, 11) is 1.52. The summed E-state index contributed by atoms with van der Waals surface area (Å²) in [5.74, 6) is 1.16. The summed E-state index contributed by atoms with van der Waals surface area (Å²) in [5, 5.41) is 0. The number of hydrogen-bond acceptors (Lipinski definition) is 4. The highest BCUT2D eigenvalue weighted by Crippen LogP contribution is 2.74. The van der Waals surface area contributed by atoms with Crippen LogP contribution in [0.5, 0.6) is 0 Å². The normalized spacial score (nSPS) is 49.5. The Balaban J connectivity index is 1.71. The van der Waals surface area contributed by atoms with Crippen LogP contribution in [0.2, 0.25) is 0 Å². The second kappa shape index (κ2) is 8.02. The van der Waals surface area contributed by atoms with E-state index < -0.39 is 10.8 Å². The Morgan fingerprint density at radius 3 is 2.31 bits per heavy atom. The van der Waals surface area contributed by atoms with Crippen molar-refractivity contribution in [1.29, 1.82) is 0 Å². The van der Waals surface area contributed by atoms with Gasteiger partial charge in [-0.3, -0.25) is 14.4 Å². The first-order valence-electron chi connectivity index (χ1n) is 13.9. The summed E-state index contributed by atoms with van der Waals surface area (Å²) < 4.78 is 6.22. The van der Waals surface area contributed by atoms with Crippen LogP contribution in [0.1, 0.15) is 87.0 Å². The molecule has 5 rings (SSSR count). The van der Waals surface area contributed by atoms with E-state index in [0.29, 0.717) is 11.8 Å². The van der Waals surface area contributed by atoms with E-state index in [-0.39, 0.29) is 51.5 Å². The highest BCUT2D eigenvalue weighted by atomic mass is 127. The smallest absolute Gasteiger partial charge is 0.312 e. The maximum Gasteiger partial charge on any atom is 0.312 e. The lowest BCUT2D eigenvalue weighted by atomic mass is 9.34. The van der Waals surface area contributed by atoms with Gasteiger partial charge >= 0.3 is 5.97 Å². The molecule has 0 heterocycles. The highest BCUT2D eigenvalue weighted by Gasteiger charge is 2.71. The van der Waals surface area contributed by atoms with Crippen LogP contribution in [0, 0.1) is 56.7 Å². The van der Waals surface area contributed by atoms with Gasteiger partial charge in [-0.15, -0.1) is 0 Å². The number of esters is 1. The van der Waals surface area contributed by atoms with Gasteiger partial charge in [-0.25, -0.2) is 0 Å². The summed E-state index contributed by atoms with van der Waals surface area (Å²) in [5.41, 5.74) is -0.554. The van der Waals surface area contributed by atoms with Crippen molar-refractivity contribution in [3.63, 3.8) is 0 Å². The van der Waals surface area contributed by atoms with Crippen molar-refractivity contribution in [2.75, 3.05) is 7.11 Å². The van der Waals surface area contributed by atoms with Crippen molar-refractivity contribution in [3.8, 4) is 0 Å². The number of methoxy groups -OCH3 is 1. The zero-order chi connectivity index (χ0) is 26.6. The van der Waals surface area contributed by atoms with Gasteiger partial charge in [0.2, 0.25) is 0 Å².